The number of nitrogens with two attached hydrogens (primary N) is 1. The van der Waals surface area contributed by atoms with Crippen LogP contribution in [-0.4, -0.2) is 43.9 Å². The molecule has 0 aliphatic rings. The molecule has 0 saturated carbocycles. The Labute approximate surface area is 161 Å². The van der Waals surface area contributed by atoms with Crippen LogP contribution in [0.1, 0.15) is 12.5 Å². The van der Waals surface area contributed by atoms with Crippen LogP contribution >= 0.6 is 23.1 Å². The molecule has 0 radical (unpaired) electrons. The summed E-state index contributed by atoms with van der Waals surface area (Å²) in [5.41, 5.74) is 6.28. The molecule has 1 aromatic carbocycles. The Morgan fingerprint density at radius 2 is 2.07 bits per heavy atom. The van der Waals surface area contributed by atoms with Gasteiger partial charge in [-0.3, -0.25) is 0 Å². The van der Waals surface area contributed by atoms with Crippen molar-refractivity contribution in [2.45, 2.75) is 30.0 Å². The highest BCUT2D eigenvalue weighted by atomic mass is 32.2. The number of rotatable bonds is 7. The standard InChI is InChI=1S/C16H17F2N5O2S2/c1-7(25)10(5-24)20-13-12-14(21-15(19)27-12)23-16(22-13)26-6-8-3-2-4-9(17)11(8)18/h2-4,7,10,24-25H,5-6H2,1H3,(H3,19,20,21,22,23)/t7-,10-/m1/s1. The fourth-order valence-corrected chi connectivity index (χ4v) is 3.82. The fraction of sp³-hybridized carbons (Fsp3) is 0.312. The van der Waals surface area contributed by atoms with Crippen molar-refractivity contribution in [3.63, 3.8) is 0 Å². The van der Waals surface area contributed by atoms with E-state index in [4.69, 9.17) is 5.73 Å². The maximum Gasteiger partial charge on any atom is 0.191 e. The van der Waals surface area contributed by atoms with Gasteiger partial charge in [-0.2, -0.15) is 0 Å². The van der Waals surface area contributed by atoms with Gasteiger partial charge in [-0.05, 0) is 13.0 Å². The largest absolute Gasteiger partial charge is 0.394 e. The minimum absolute atomic E-state index is 0.119. The number of hydrogen-bond donors (Lipinski definition) is 4. The molecule has 0 bridgehead atoms. The molecule has 144 valence electrons. The number of hydrogen-bond acceptors (Lipinski definition) is 9. The van der Waals surface area contributed by atoms with E-state index < -0.39 is 23.8 Å². The SMILES string of the molecule is C[C@@H](O)[C@@H](CO)Nc1nc(SCc2cccc(F)c2F)nc2nc(N)sc12. The smallest absolute Gasteiger partial charge is 0.191 e. The van der Waals surface area contributed by atoms with Gasteiger partial charge in [-0.1, -0.05) is 35.2 Å². The van der Waals surface area contributed by atoms with Gasteiger partial charge in [0.1, 0.15) is 4.70 Å². The van der Waals surface area contributed by atoms with Gasteiger partial charge in [0.25, 0.3) is 0 Å². The van der Waals surface area contributed by atoms with Gasteiger partial charge in [0.2, 0.25) is 0 Å². The van der Waals surface area contributed by atoms with Gasteiger partial charge in [-0.15, -0.1) is 0 Å². The monoisotopic (exact) mass is 413 g/mol. The lowest BCUT2D eigenvalue weighted by Crippen LogP contribution is -2.35. The Bertz CT molecular complexity index is 954. The molecule has 0 spiro atoms. The predicted octanol–water partition coefficient (Wildman–Crippen LogP) is 2.39. The first kappa shape index (κ1) is 19.7. The third-order valence-electron chi connectivity index (χ3n) is 3.74. The van der Waals surface area contributed by atoms with Crippen molar-refractivity contribution < 1.29 is 19.0 Å². The molecular formula is C16H17F2N5O2S2. The van der Waals surface area contributed by atoms with Crippen LogP contribution in [0.25, 0.3) is 10.3 Å². The maximum absolute atomic E-state index is 13.8. The molecule has 0 aliphatic carbocycles. The number of nitrogens with zero attached hydrogens (tertiary/aromatic N) is 3. The summed E-state index contributed by atoms with van der Waals surface area (Å²) in [6.07, 6.45) is -0.831. The van der Waals surface area contributed by atoms with Gasteiger partial charge >= 0.3 is 0 Å². The second-order valence-electron chi connectivity index (χ2n) is 5.74. The average molecular weight is 413 g/mol. The molecule has 7 nitrogen and oxygen atoms in total. The van der Waals surface area contributed by atoms with Crippen molar-refractivity contribution in [1.82, 2.24) is 15.0 Å². The van der Waals surface area contributed by atoms with Crippen LogP contribution in [0, 0.1) is 11.6 Å². The number of anilines is 2. The number of nitrogens with one attached hydrogen (secondary N) is 1. The molecule has 27 heavy (non-hydrogen) atoms. The number of thioether (sulfide) groups is 1. The summed E-state index contributed by atoms with van der Waals surface area (Å²) in [5.74, 6) is -1.34. The fourth-order valence-electron chi connectivity index (χ4n) is 2.28. The molecule has 5 N–H and O–H groups in total. The van der Waals surface area contributed by atoms with E-state index in [1.54, 1.807) is 0 Å². The molecule has 3 aromatic rings. The Hall–Kier alpha value is -2.08. The number of aliphatic hydroxyl groups excluding tert-OH is 2. The maximum atomic E-state index is 13.8. The van der Waals surface area contributed by atoms with Crippen molar-refractivity contribution in [1.29, 1.82) is 0 Å². The number of aliphatic hydroxyl groups is 2. The quantitative estimate of drug-likeness (QED) is 0.345. The van der Waals surface area contributed by atoms with Gasteiger partial charge in [0, 0.05) is 11.3 Å². The van der Waals surface area contributed by atoms with E-state index >= 15 is 0 Å². The molecule has 0 unspecified atom stereocenters. The topological polar surface area (TPSA) is 117 Å². The predicted molar refractivity (Wildman–Crippen MR) is 102 cm³/mol. The van der Waals surface area contributed by atoms with Crippen LogP contribution in [0.5, 0.6) is 0 Å². The summed E-state index contributed by atoms with van der Waals surface area (Å²) < 4.78 is 27.7. The molecule has 0 saturated heterocycles. The number of benzene rings is 1. The number of halogens is 2. The molecule has 2 aromatic heterocycles. The number of aromatic nitrogens is 3. The summed E-state index contributed by atoms with van der Waals surface area (Å²) in [7, 11) is 0. The van der Waals surface area contributed by atoms with E-state index in [1.165, 1.54) is 30.4 Å². The first-order chi connectivity index (χ1) is 12.9. The van der Waals surface area contributed by atoms with Crippen LogP contribution < -0.4 is 11.1 Å². The normalized spacial score (nSPS) is 13.7. The van der Waals surface area contributed by atoms with Crippen molar-refractivity contribution in [2.24, 2.45) is 0 Å². The third-order valence-corrected chi connectivity index (χ3v) is 5.52. The summed E-state index contributed by atoms with van der Waals surface area (Å²) in [5, 5.41) is 22.7. The molecule has 2 atom stereocenters. The zero-order valence-corrected chi connectivity index (χ0v) is 15.8. The van der Waals surface area contributed by atoms with Crippen LogP contribution in [-0.2, 0) is 5.75 Å². The second-order valence-corrected chi connectivity index (χ2v) is 7.71. The molecule has 3 rings (SSSR count). The number of fused-ring (bicyclic) bond motifs is 1. The van der Waals surface area contributed by atoms with Crippen molar-refractivity contribution in [3.05, 3.63) is 35.4 Å². The first-order valence-electron chi connectivity index (χ1n) is 7.94. The van der Waals surface area contributed by atoms with Gasteiger partial charge < -0.3 is 21.3 Å². The van der Waals surface area contributed by atoms with Gasteiger partial charge in [-0.25, -0.2) is 23.7 Å². The molecule has 11 heteroatoms. The van der Waals surface area contributed by atoms with E-state index in [0.717, 1.165) is 17.8 Å². The highest BCUT2D eigenvalue weighted by Crippen LogP contribution is 2.32. The molecular weight excluding hydrogens is 396 g/mol. The lowest BCUT2D eigenvalue weighted by atomic mass is 10.2. The van der Waals surface area contributed by atoms with Crippen LogP contribution in [0.4, 0.5) is 19.7 Å². The van der Waals surface area contributed by atoms with Crippen LogP contribution in [0.3, 0.4) is 0 Å². The van der Waals surface area contributed by atoms with E-state index in [0.29, 0.717) is 21.3 Å². The summed E-state index contributed by atoms with van der Waals surface area (Å²) >= 11 is 2.28. The zero-order valence-electron chi connectivity index (χ0n) is 14.2. The molecule has 0 amide bonds. The van der Waals surface area contributed by atoms with Crippen molar-refractivity contribution in [2.75, 3.05) is 17.7 Å². The Balaban J connectivity index is 1.90. The summed E-state index contributed by atoms with van der Waals surface area (Å²) in [6.45, 7) is 1.23. The average Bonchev–Trinajstić information content (AvgIpc) is 3.00. The Morgan fingerprint density at radius 3 is 2.78 bits per heavy atom. The highest BCUT2D eigenvalue weighted by molar-refractivity contribution is 7.98. The zero-order chi connectivity index (χ0) is 19.6. The van der Waals surface area contributed by atoms with Crippen molar-refractivity contribution in [3.8, 4) is 0 Å². The van der Waals surface area contributed by atoms with E-state index in [9.17, 15) is 19.0 Å². The summed E-state index contributed by atoms with van der Waals surface area (Å²) in [4.78, 5) is 12.8. The van der Waals surface area contributed by atoms with Crippen LogP contribution in [0.15, 0.2) is 23.4 Å². The van der Waals surface area contributed by atoms with E-state index in [2.05, 4.69) is 20.3 Å². The third kappa shape index (κ3) is 4.43. The number of nitrogen functional groups attached to an aromatic ring is 1. The Kier molecular flexibility index (Phi) is 6.05. The van der Waals surface area contributed by atoms with E-state index in [1.807, 2.05) is 0 Å². The second kappa shape index (κ2) is 8.30. The number of thiazole rings is 1. The Morgan fingerprint density at radius 1 is 1.30 bits per heavy atom. The van der Waals surface area contributed by atoms with Gasteiger partial charge in [0.05, 0.1) is 18.8 Å². The molecule has 2 heterocycles. The van der Waals surface area contributed by atoms with E-state index in [-0.39, 0.29) is 23.1 Å². The summed E-state index contributed by atoms with van der Waals surface area (Å²) in [6, 6.07) is 3.32. The van der Waals surface area contributed by atoms with Crippen LogP contribution in [0.2, 0.25) is 0 Å². The van der Waals surface area contributed by atoms with Gasteiger partial charge in [0.15, 0.2) is 33.4 Å². The van der Waals surface area contributed by atoms with Crippen molar-refractivity contribution >= 4 is 44.4 Å². The first-order valence-corrected chi connectivity index (χ1v) is 9.74. The minimum atomic E-state index is -0.915. The molecule has 0 fully saturated rings. The lowest BCUT2D eigenvalue weighted by Gasteiger charge is -2.19. The molecule has 0 aliphatic heterocycles. The minimum Gasteiger partial charge on any atom is -0.394 e. The lowest BCUT2D eigenvalue weighted by molar-refractivity contribution is 0.132. The highest BCUT2D eigenvalue weighted by Gasteiger charge is 2.19.